The smallest absolute Gasteiger partial charge is 0.257 e. The number of rotatable bonds is 4. The Hall–Kier alpha value is -1.82. The van der Waals surface area contributed by atoms with Gasteiger partial charge in [-0.2, -0.15) is 0 Å². The Kier molecular flexibility index (Phi) is 3.44. The number of nitrogens with zero attached hydrogens (tertiary/aromatic N) is 2. The Morgan fingerprint density at radius 3 is 2.70 bits per heavy atom. The van der Waals surface area contributed by atoms with Crippen molar-refractivity contribution in [1.82, 2.24) is 9.80 Å². The third kappa shape index (κ3) is 2.27. The van der Waals surface area contributed by atoms with Gasteiger partial charge in [0.15, 0.2) is 6.10 Å². The summed E-state index contributed by atoms with van der Waals surface area (Å²) in [4.78, 5) is 28.6. The SMILES string of the molecule is COC1C(=O)N(CC2CC2)C12CCN(C(=O)c1ccoc1)CC2. The monoisotopic (exact) mass is 318 g/mol. The van der Waals surface area contributed by atoms with Crippen LogP contribution in [0.25, 0.3) is 0 Å². The number of β-lactam (4-membered cyclic amide) rings is 1. The molecule has 124 valence electrons. The summed E-state index contributed by atoms with van der Waals surface area (Å²) in [6, 6.07) is 1.69. The number of methoxy groups -OCH3 is 1. The first kappa shape index (κ1) is 14.8. The minimum Gasteiger partial charge on any atom is -0.472 e. The second-order valence-corrected chi connectivity index (χ2v) is 6.92. The number of carbonyl (C=O) groups is 2. The van der Waals surface area contributed by atoms with Crippen LogP contribution in [0.3, 0.4) is 0 Å². The molecule has 4 rings (SSSR count). The van der Waals surface area contributed by atoms with E-state index in [-0.39, 0.29) is 23.5 Å². The molecule has 1 unspecified atom stereocenters. The van der Waals surface area contributed by atoms with Gasteiger partial charge in [-0.25, -0.2) is 0 Å². The topological polar surface area (TPSA) is 63.0 Å². The highest BCUT2D eigenvalue weighted by Crippen LogP contribution is 2.45. The lowest BCUT2D eigenvalue weighted by Crippen LogP contribution is -2.77. The van der Waals surface area contributed by atoms with Crippen LogP contribution in [0.5, 0.6) is 0 Å². The minimum atomic E-state index is -0.340. The molecular formula is C17H22N2O4. The lowest BCUT2D eigenvalue weighted by atomic mass is 9.72. The fraction of sp³-hybridized carbons (Fsp3) is 0.647. The average molecular weight is 318 g/mol. The Morgan fingerprint density at radius 1 is 1.39 bits per heavy atom. The van der Waals surface area contributed by atoms with Crippen LogP contribution in [0.1, 0.15) is 36.0 Å². The largest absolute Gasteiger partial charge is 0.472 e. The van der Waals surface area contributed by atoms with Gasteiger partial charge in [-0.15, -0.1) is 0 Å². The van der Waals surface area contributed by atoms with E-state index in [9.17, 15) is 9.59 Å². The fourth-order valence-electron chi connectivity index (χ4n) is 4.01. The Balaban J connectivity index is 1.46. The first-order valence-corrected chi connectivity index (χ1v) is 8.31. The molecule has 3 aliphatic rings. The van der Waals surface area contributed by atoms with Crippen LogP contribution in [-0.2, 0) is 9.53 Å². The third-order valence-corrected chi connectivity index (χ3v) is 5.57. The zero-order valence-electron chi connectivity index (χ0n) is 13.4. The summed E-state index contributed by atoms with van der Waals surface area (Å²) in [5.41, 5.74) is 0.380. The second-order valence-electron chi connectivity index (χ2n) is 6.92. The summed E-state index contributed by atoms with van der Waals surface area (Å²) < 4.78 is 10.5. The molecule has 1 spiro atoms. The highest BCUT2D eigenvalue weighted by Gasteiger charge is 2.61. The van der Waals surface area contributed by atoms with Crippen LogP contribution < -0.4 is 0 Å². The average Bonchev–Trinajstić information content (AvgIpc) is 3.24. The molecule has 6 heteroatoms. The molecule has 1 aliphatic carbocycles. The molecule has 1 atom stereocenters. The first-order chi connectivity index (χ1) is 11.2. The van der Waals surface area contributed by atoms with Crippen molar-refractivity contribution in [2.45, 2.75) is 37.3 Å². The molecule has 23 heavy (non-hydrogen) atoms. The molecule has 2 aliphatic heterocycles. The van der Waals surface area contributed by atoms with Crippen LogP contribution in [0, 0.1) is 5.92 Å². The predicted octanol–water partition coefficient (Wildman–Crippen LogP) is 1.52. The van der Waals surface area contributed by atoms with Crippen molar-refractivity contribution in [3.63, 3.8) is 0 Å². The zero-order chi connectivity index (χ0) is 16.0. The van der Waals surface area contributed by atoms with E-state index in [0.29, 0.717) is 24.6 Å². The molecule has 6 nitrogen and oxygen atoms in total. The van der Waals surface area contributed by atoms with Gasteiger partial charge in [-0.3, -0.25) is 9.59 Å². The van der Waals surface area contributed by atoms with E-state index in [2.05, 4.69) is 0 Å². The molecular weight excluding hydrogens is 296 g/mol. The molecule has 1 saturated carbocycles. The van der Waals surface area contributed by atoms with Crippen molar-refractivity contribution in [2.75, 3.05) is 26.7 Å². The van der Waals surface area contributed by atoms with Gasteiger partial charge in [0.25, 0.3) is 11.8 Å². The molecule has 0 aromatic carbocycles. The highest BCUT2D eigenvalue weighted by molar-refractivity contribution is 5.94. The van der Waals surface area contributed by atoms with Crippen LogP contribution in [0.15, 0.2) is 23.0 Å². The third-order valence-electron chi connectivity index (χ3n) is 5.57. The van der Waals surface area contributed by atoms with Crippen molar-refractivity contribution < 1.29 is 18.7 Å². The predicted molar refractivity (Wildman–Crippen MR) is 81.8 cm³/mol. The second kappa shape index (κ2) is 5.37. The quantitative estimate of drug-likeness (QED) is 0.790. The first-order valence-electron chi connectivity index (χ1n) is 8.31. The fourth-order valence-corrected chi connectivity index (χ4v) is 4.01. The number of likely N-dealkylation sites (tertiary alicyclic amines) is 2. The van der Waals surface area contributed by atoms with E-state index in [0.717, 1.165) is 19.4 Å². The molecule has 3 fully saturated rings. The minimum absolute atomic E-state index is 0.00181. The summed E-state index contributed by atoms with van der Waals surface area (Å²) in [7, 11) is 1.61. The summed E-state index contributed by atoms with van der Waals surface area (Å²) in [5, 5.41) is 0. The van der Waals surface area contributed by atoms with Crippen molar-refractivity contribution in [3.8, 4) is 0 Å². The molecule has 0 radical (unpaired) electrons. The van der Waals surface area contributed by atoms with E-state index in [1.165, 1.54) is 25.4 Å². The van der Waals surface area contributed by atoms with Gasteiger partial charge in [-0.05, 0) is 37.7 Å². The van der Waals surface area contributed by atoms with Gasteiger partial charge in [0, 0.05) is 26.7 Å². The standard InChI is InChI=1S/C17H22N2O4/c1-22-14-16(21)19(10-12-2-3-12)17(14)5-7-18(8-6-17)15(20)13-4-9-23-11-13/h4,9,11-12,14H,2-3,5-8,10H2,1H3. The molecule has 0 bridgehead atoms. The van der Waals surface area contributed by atoms with Crippen molar-refractivity contribution in [1.29, 1.82) is 0 Å². The Bertz CT molecular complexity index is 600. The summed E-state index contributed by atoms with van der Waals surface area (Å²) >= 11 is 0. The number of carbonyl (C=O) groups excluding carboxylic acids is 2. The van der Waals surface area contributed by atoms with Gasteiger partial charge in [-0.1, -0.05) is 0 Å². The van der Waals surface area contributed by atoms with Crippen LogP contribution in [-0.4, -0.2) is 60.0 Å². The lowest BCUT2D eigenvalue weighted by molar-refractivity contribution is -0.198. The molecule has 0 N–H and O–H groups in total. The van der Waals surface area contributed by atoms with Crippen molar-refractivity contribution in [3.05, 3.63) is 24.2 Å². The number of hydrogen-bond donors (Lipinski definition) is 0. The van der Waals surface area contributed by atoms with Crippen LogP contribution in [0.4, 0.5) is 0 Å². The summed E-state index contributed by atoms with van der Waals surface area (Å²) in [6.45, 7) is 2.16. The normalized spacial score (nSPS) is 26.5. The number of amides is 2. The van der Waals surface area contributed by atoms with E-state index in [1.807, 2.05) is 9.80 Å². The van der Waals surface area contributed by atoms with E-state index in [1.54, 1.807) is 13.2 Å². The molecule has 2 saturated heterocycles. The van der Waals surface area contributed by atoms with Gasteiger partial charge in [0.1, 0.15) is 6.26 Å². The lowest BCUT2D eigenvalue weighted by Gasteiger charge is -2.59. The summed E-state index contributed by atoms with van der Waals surface area (Å²) in [5.74, 6) is 0.787. The van der Waals surface area contributed by atoms with E-state index in [4.69, 9.17) is 9.15 Å². The zero-order valence-corrected chi connectivity index (χ0v) is 13.4. The maximum atomic E-state index is 12.4. The maximum Gasteiger partial charge on any atom is 0.257 e. The van der Waals surface area contributed by atoms with Crippen LogP contribution in [0.2, 0.25) is 0 Å². The number of piperidine rings is 1. The van der Waals surface area contributed by atoms with Gasteiger partial charge in [0.2, 0.25) is 0 Å². The number of ether oxygens (including phenoxy) is 1. The van der Waals surface area contributed by atoms with Gasteiger partial charge in [0.05, 0.1) is 17.4 Å². The van der Waals surface area contributed by atoms with E-state index < -0.39 is 0 Å². The Labute approximate surface area is 135 Å². The summed E-state index contributed by atoms with van der Waals surface area (Å²) in [6.07, 6.45) is 6.68. The molecule has 1 aromatic rings. The molecule has 1 aromatic heterocycles. The van der Waals surface area contributed by atoms with E-state index >= 15 is 0 Å². The Morgan fingerprint density at radius 2 is 2.13 bits per heavy atom. The van der Waals surface area contributed by atoms with Crippen molar-refractivity contribution >= 4 is 11.8 Å². The van der Waals surface area contributed by atoms with Crippen LogP contribution >= 0.6 is 0 Å². The number of furan rings is 1. The number of hydrogen-bond acceptors (Lipinski definition) is 4. The van der Waals surface area contributed by atoms with Gasteiger partial charge >= 0.3 is 0 Å². The molecule has 3 heterocycles. The highest BCUT2D eigenvalue weighted by atomic mass is 16.5. The van der Waals surface area contributed by atoms with Crippen molar-refractivity contribution in [2.24, 2.45) is 5.92 Å². The van der Waals surface area contributed by atoms with Gasteiger partial charge < -0.3 is 19.0 Å². The molecule has 2 amide bonds. The maximum absolute atomic E-state index is 12.4.